The van der Waals surface area contributed by atoms with E-state index >= 15 is 0 Å². The molecule has 4 nitrogen and oxygen atoms in total. The van der Waals surface area contributed by atoms with E-state index in [1.54, 1.807) is 14.2 Å². The number of aryl methyl sites for hydroxylation is 1. The molecule has 0 saturated carbocycles. The van der Waals surface area contributed by atoms with Crippen molar-refractivity contribution < 1.29 is 9.47 Å². The molecule has 0 aliphatic carbocycles. The van der Waals surface area contributed by atoms with Crippen molar-refractivity contribution in [2.24, 2.45) is 12.8 Å². The average molecular weight is 220 g/mol. The molecule has 0 saturated heterocycles. The van der Waals surface area contributed by atoms with Crippen molar-refractivity contribution in [1.82, 2.24) is 4.57 Å². The summed E-state index contributed by atoms with van der Waals surface area (Å²) in [4.78, 5) is 0. The van der Waals surface area contributed by atoms with Gasteiger partial charge in [-0.05, 0) is 5.56 Å². The Morgan fingerprint density at radius 2 is 2.00 bits per heavy atom. The highest BCUT2D eigenvalue weighted by atomic mass is 16.5. The van der Waals surface area contributed by atoms with E-state index in [9.17, 15) is 0 Å². The summed E-state index contributed by atoms with van der Waals surface area (Å²) in [6.07, 6.45) is 2.02. The first-order valence-electron chi connectivity index (χ1n) is 5.11. The Hall–Kier alpha value is -1.68. The van der Waals surface area contributed by atoms with Crippen LogP contribution in [0.1, 0.15) is 5.56 Å². The molecule has 0 spiro atoms. The summed E-state index contributed by atoms with van der Waals surface area (Å²) in [5, 5.41) is 1.06. The molecule has 0 aliphatic heterocycles. The standard InChI is InChI=1S/C12H16N2O2/c1-14-7-8(6-13)12-10(14)4-9(15-2)5-11(12)16-3/h4-5,7H,6,13H2,1-3H3. The van der Waals surface area contributed by atoms with Gasteiger partial charge in [0.05, 0.1) is 19.7 Å². The van der Waals surface area contributed by atoms with E-state index in [0.717, 1.165) is 28.0 Å². The number of nitrogens with zero attached hydrogens (tertiary/aromatic N) is 1. The van der Waals surface area contributed by atoms with Gasteiger partial charge in [0.2, 0.25) is 0 Å². The van der Waals surface area contributed by atoms with E-state index in [-0.39, 0.29) is 0 Å². The van der Waals surface area contributed by atoms with Crippen molar-refractivity contribution in [2.45, 2.75) is 6.54 Å². The Bertz CT molecular complexity index is 517. The Labute approximate surface area is 94.6 Å². The summed E-state index contributed by atoms with van der Waals surface area (Å²) in [7, 11) is 5.29. The maximum atomic E-state index is 5.72. The Morgan fingerprint density at radius 3 is 2.56 bits per heavy atom. The predicted molar refractivity (Wildman–Crippen MR) is 63.9 cm³/mol. The number of nitrogens with two attached hydrogens (primary N) is 1. The van der Waals surface area contributed by atoms with Crippen LogP contribution in [0.25, 0.3) is 10.9 Å². The number of fused-ring (bicyclic) bond motifs is 1. The lowest BCUT2D eigenvalue weighted by Crippen LogP contribution is -1.96. The van der Waals surface area contributed by atoms with Crippen LogP contribution in [0.4, 0.5) is 0 Å². The Morgan fingerprint density at radius 1 is 1.25 bits per heavy atom. The zero-order valence-corrected chi connectivity index (χ0v) is 9.78. The van der Waals surface area contributed by atoms with Gasteiger partial charge in [-0.25, -0.2) is 0 Å². The van der Waals surface area contributed by atoms with E-state index in [0.29, 0.717) is 6.54 Å². The van der Waals surface area contributed by atoms with Crippen LogP contribution in [0.3, 0.4) is 0 Å². The zero-order chi connectivity index (χ0) is 11.7. The van der Waals surface area contributed by atoms with Crippen molar-refractivity contribution in [3.63, 3.8) is 0 Å². The fourth-order valence-electron chi connectivity index (χ4n) is 1.98. The summed E-state index contributed by atoms with van der Waals surface area (Å²) in [6.45, 7) is 0.500. The van der Waals surface area contributed by atoms with Crippen LogP contribution in [-0.2, 0) is 13.6 Å². The first-order chi connectivity index (χ1) is 7.71. The summed E-state index contributed by atoms with van der Waals surface area (Å²) in [5.41, 5.74) is 7.87. The first-order valence-corrected chi connectivity index (χ1v) is 5.11. The number of benzene rings is 1. The summed E-state index contributed by atoms with van der Waals surface area (Å²) >= 11 is 0. The SMILES string of the molecule is COc1cc(OC)c2c(CN)cn(C)c2c1. The van der Waals surface area contributed by atoms with Crippen molar-refractivity contribution in [1.29, 1.82) is 0 Å². The quantitative estimate of drug-likeness (QED) is 0.855. The van der Waals surface area contributed by atoms with Crippen LogP contribution in [0, 0.1) is 0 Å². The van der Waals surface area contributed by atoms with E-state index < -0.39 is 0 Å². The minimum absolute atomic E-state index is 0.500. The second kappa shape index (κ2) is 4.06. The van der Waals surface area contributed by atoms with E-state index in [4.69, 9.17) is 15.2 Å². The molecule has 2 N–H and O–H groups in total. The first kappa shape index (κ1) is 10.8. The number of hydrogen-bond acceptors (Lipinski definition) is 3. The largest absolute Gasteiger partial charge is 0.497 e. The fourth-order valence-corrected chi connectivity index (χ4v) is 1.98. The summed E-state index contributed by atoms with van der Waals surface area (Å²) in [6, 6.07) is 3.86. The van der Waals surface area contributed by atoms with Crippen LogP contribution in [0.2, 0.25) is 0 Å². The summed E-state index contributed by atoms with van der Waals surface area (Å²) < 4.78 is 12.6. The van der Waals surface area contributed by atoms with Crippen molar-refractivity contribution in [3.05, 3.63) is 23.9 Å². The Balaban J connectivity index is 2.80. The van der Waals surface area contributed by atoms with Crippen LogP contribution in [0.5, 0.6) is 11.5 Å². The molecule has 86 valence electrons. The van der Waals surface area contributed by atoms with Gasteiger partial charge < -0.3 is 19.8 Å². The smallest absolute Gasteiger partial charge is 0.132 e. The third-order valence-corrected chi connectivity index (χ3v) is 2.78. The molecule has 1 aromatic carbocycles. The van der Waals surface area contributed by atoms with Gasteiger partial charge in [-0.15, -0.1) is 0 Å². The second-order valence-corrected chi connectivity index (χ2v) is 3.69. The zero-order valence-electron chi connectivity index (χ0n) is 9.78. The lowest BCUT2D eigenvalue weighted by molar-refractivity contribution is 0.397. The molecule has 0 fully saturated rings. The topological polar surface area (TPSA) is 49.4 Å². The third-order valence-electron chi connectivity index (χ3n) is 2.78. The van der Waals surface area contributed by atoms with Crippen molar-refractivity contribution in [2.75, 3.05) is 14.2 Å². The number of hydrogen-bond donors (Lipinski definition) is 1. The van der Waals surface area contributed by atoms with Crippen molar-refractivity contribution >= 4 is 10.9 Å². The molecule has 16 heavy (non-hydrogen) atoms. The van der Waals surface area contributed by atoms with E-state index in [1.165, 1.54) is 0 Å². The predicted octanol–water partition coefficient (Wildman–Crippen LogP) is 1.65. The highest BCUT2D eigenvalue weighted by molar-refractivity contribution is 5.91. The highest BCUT2D eigenvalue weighted by Crippen LogP contribution is 2.34. The van der Waals surface area contributed by atoms with Gasteiger partial charge in [-0.1, -0.05) is 0 Å². The highest BCUT2D eigenvalue weighted by Gasteiger charge is 2.12. The van der Waals surface area contributed by atoms with Crippen LogP contribution < -0.4 is 15.2 Å². The van der Waals surface area contributed by atoms with E-state index in [1.807, 2.05) is 29.9 Å². The molecule has 1 heterocycles. The molecule has 0 unspecified atom stereocenters. The van der Waals surface area contributed by atoms with Gasteiger partial charge in [-0.3, -0.25) is 0 Å². The molecule has 4 heteroatoms. The molecule has 2 rings (SSSR count). The lowest BCUT2D eigenvalue weighted by atomic mass is 10.1. The van der Waals surface area contributed by atoms with Gasteiger partial charge in [0.15, 0.2) is 0 Å². The second-order valence-electron chi connectivity index (χ2n) is 3.69. The average Bonchev–Trinajstić information content (AvgIpc) is 2.65. The molecule has 0 amide bonds. The molecule has 1 aromatic heterocycles. The molecule has 0 atom stereocenters. The monoisotopic (exact) mass is 220 g/mol. The van der Waals surface area contributed by atoms with Gasteiger partial charge >= 0.3 is 0 Å². The van der Waals surface area contributed by atoms with Crippen LogP contribution in [0.15, 0.2) is 18.3 Å². The molecule has 0 radical (unpaired) electrons. The number of methoxy groups -OCH3 is 2. The van der Waals surface area contributed by atoms with Gasteiger partial charge in [0.1, 0.15) is 11.5 Å². The normalized spacial score (nSPS) is 10.8. The minimum atomic E-state index is 0.500. The van der Waals surface area contributed by atoms with Gasteiger partial charge in [0, 0.05) is 37.3 Å². The minimum Gasteiger partial charge on any atom is -0.497 e. The number of aromatic nitrogens is 1. The summed E-state index contributed by atoms with van der Waals surface area (Å²) in [5.74, 6) is 1.59. The number of rotatable bonds is 3. The third kappa shape index (κ3) is 1.51. The molecule has 0 aliphatic rings. The Kier molecular flexibility index (Phi) is 2.75. The van der Waals surface area contributed by atoms with E-state index in [2.05, 4.69) is 0 Å². The maximum Gasteiger partial charge on any atom is 0.132 e. The fraction of sp³-hybridized carbons (Fsp3) is 0.333. The van der Waals surface area contributed by atoms with Gasteiger partial charge in [0.25, 0.3) is 0 Å². The molecule has 0 bridgehead atoms. The van der Waals surface area contributed by atoms with Gasteiger partial charge in [-0.2, -0.15) is 0 Å². The molecule has 2 aromatic rings. The van der Waals surface area contributed by atoms with Crippen molar-refractivity contribution in [3.8, 4) is 11.5 Å². The molecular weight excluding hydrogens is 204 g/mol. The van der Waals surface area contributed by atoms with Crippen LogP contribution in [-0.4, -0.2) is 18.8 Å². The molecular formula is C12H16N2O2. The van der Waals surface area contributed by atoms with Crippen LogP contribution >= 0.6 is 0 Å². The number of ether oxygens (including phenoxy) is 2. The lowest BCUT2D eigenvalue weighted by Gasteiger charge is -2.07. The maximum absolute atomic E-state index is 5.72.